The number of nitrogens with one attached hydrogen (secondary N) is 2. The molecule has 0 aromatic heterocycles. The van der Waals surface area contributed by atoms with Crippen molar-refractivity contribution in [3.05, 3.63) is 35.4 Å². The van der Waals surface area contributed by atoms with Crippen LogP contribution in [0, 0.1) is 0 Å². The topological polar surface area (TPSA) is 70.6 Å². The highest BCUT2D eigenvalue weighted by molar-refractivity contribution is 5.95. The predicted molar refractivity (Wildman–Crippen MR) is 74.2 cm³/mol. The molecule has 0 fully saturated rings. The lowest BCUT2D eigenvalue weighted by atomic mass is 10.0. The van der Waals surface area contributed by atoms with E-state index in [1.807, 2.05) is 13.0 Å². The number of aliphatic hydroxyl groups excluding tert-OH is 1. The summed E-state index contributed by atoms with van der Waals surface area (Å²) in [5.74, 6) is -0.158. The fourth-order valence-electron chi connectivity index (χ4n) is 1.77. The molecule has 1 aromatic carbocycles. The van der Waals surface area contributed by atoms with E-state index in [9.17, 15) is 9.90 Å². The molecule has 5 nitrogen and oxygen atoms in total. The fourth-order valence-corrected chi connectivity index (χ4v) is 1.77. The molecule has 19 heavy (non-hydrogen) atoms. The van der Waals surface area contributed by atoms with E-state index in [0.29, 0.717) is 37.4 Å². The van der Waals surface area contributed by atoms with Gasteiger partial charge in [0.1, 0.15) is 0 Å². The number of methoxy groups -OCH3 is 1. The van der Waals surface area contributed by atoms with Gasteiger partial charge in [0.2, 0.25) is 0 Å². The van der Waals surface area contributed by atoms with Gasteiger partial charge in [-0.2, -0.15) is 0 Å². The fraction of sp³-hybridized carbons (Fsp3) is 0.500. The first-order valence-corrected chi connectivity index (χ1v) is 6.45. The van der Waals surface area contributed by atoms with Crippen molar-refractivity contribution in [2.24, 2.45) is 0 Å². The molecule has 0 saturated heterocycles. The van der Waals surface area contributed by atoms with Crippen LogP contribution in [0.25, 0.3) is 0 Å². The molecule has 1 rings (SSSR count). The van der Waals surface area contributed by atoms with Gasteiger partial charge >= 0.3 is 0 Å². The molecule has 0 saturated carbocycles. The van der Waals surface area contributed by atoms with E-state index < -0.39 is 6.10 Å². The van der Waals surface area contributed by atoms with E-state index in [-0.39, 0.29) is 5.91 Å². The Balaban J connectivity index is 2.67. The van der Waals surface area contributed by atoms with Gasteiger partial charge in [-0.05, 0) is 18.6 Å². The molecule has 106 valence electrons. The molecular formula is C14H22N2O3. The van der Waals surface area contributed by atoms with E-state index in [4.69, 9.17) is 4.74 Å². The van der Waals surface area contributed by atoms with Crippen LogP contribution >= 0.6 is 0 Å². The number of aliphatic hydroxyl groups is 1. The highest BCUT2D eigenvalue weighted by Gasteiger charge is 2.16. The van der Waals surface area contributed by atoms with Gasteiger partial charge in [0.15, 0.2) is 0 Å². The first kappa shape index (κ1) is 15.6. The second-order valence-corrected chi connectivity index (χ2v) is 4.16. The van der Waals surface area contributed by atoms with Gasteiger partial charge in [-0.3, -0.25) is 4.79 Å². The van der Waals surface area contributed by atoms with E-state index in [0.717, 1.165) is 0 Å². The van der Waals surface area contributed by atoms with E-state index >= 15 is 0 Å². The van der Waals surface area contributed by atoms with E-state index in [1.54, 1.807) is 25.3 Å². The summed E-state index contributed by atoms with van der Waals surface area (Å²) in [7, 11) is 1.63. The van der Waals surface area contributed by atoms with Gasteiger partial charge < -0.3 is 20.5 Å². The van der Waals surface area contributed by atoms with Gasteiger partial charge in [0.25, 0.3) is 5.91 Å². The molecule has 3 N–H and O–H groups in total. The minimum Gasteiger partial charge on any atom is -0.387 e. The zero-order chi connectivity index (χ0) is 14.1. The number of carbonyl (C=O) groups excluding carboxylic acids is 1. The number of benzene rings is 1. The van der Waals surface area contributed by atoms with Gasteiger partial charge in [-0.1, -0.05) is 18.2 Å². The van der Waals surface area contributed by atoms with Crippen LogP contribution in [-0.4, -0.2) is 44.4 Å². The van der Waals surface area contributed by atoms with Crippen molar-refractivity contribution in [2.45, 2.75) is 13.0 Å². The molecule has 0 heterocycles. The number of rotatable bonds is 8. The van der Waals surface area contributed by atoms with Crippen LogP contribution in [0.3, 0.4) is 0 Å². The molecule has 1 amide bonds. The Kier molecular flexibility index (Phi) is 7.10. The summed E-state index contributed by atoms with van der Waals surface area (Å²) in [6.45, 7) is 4.07. The Morgan fingerprint density at radius 2 is 2.16 bits per heavy atom. The van der Waals surface area contributed by atoms with Gasteiger partial charge in [0.05, 0.1) is 12.7 Å². The maximum atomic E-state index is 11.9. The Labute approximate surface area is 114 Å². The third-order valence-corrected chi connectivity index (χ3v) is 2.72. The van der Waals surface area contributed by atoms with Crippen molar-refractivity contribution in [1.29, 1.82) is 0 Å². The Hall–Kier alpha value is -1.43. The third-order valence-electron chi connectivity index (χ3n) is 2.72. The summed E-state index contributed by atoms with van der Waals surface area (Å²) >= 11 is 0. The SMILES string of the molecule is CCNC(=O)c1ccccc1C(O)CNCCOC. The summed E-state index contributed by atoms with van der Waals surface area (Å²) in [5, 5.41) is 16.0. The Morgan fingerprint density at radius 1 is 1.42 bits per heavy atom. The average molecular weight is 266 g/mol. The van der Waals surface area contributed by atoms with Gasteiger partial charge in [0, 0.05) is 32.3 Å². The first-order chi connectivity index (χ1) is 9.20. The largest absolute Gasteiger partial charge is 0.387 e. The van der Waals surface area contributed by atoms with Crippen LogP contribution in [0.15, 0.2) is 24.3 Å². The molecule has 5 heteroatoms. The smallest absolute Gasteiger partial charge is 0.251 e. The Bertz CT molecular complexity index is 396. The normalized spacial score (nSPS) is 12.2. The number of ether oxygens (including phenoxy) is 1. The Morgan fingerprint density at radius 3 is 2.84 bits per heavy atom. The molecule has 0 radical (unpaired) electrons. The van der Waals surface area contributed by atoms with Crippen LogP contribution in [0.4, 0.5) is 0 Å². The zero-order valence-electron chi connectivity index (χ0n) is 11.5. The van der Waals surface area contributed by atoms with E-state index in [1.165, 1.54) is 0 Å². The molecule has 0 spiro atoms. The van der Waals surface area contributed by atoms with Crippen LogP contribution in [0.5, 0.6) is 0 Å². The molecule has 0 aliphatic heterocycles. The summed E-state index contributed by atoms with van der Waals surface area (Å²) in [5.41, 5.74) is 1.16. The summed E-state index contributed by atoms with van der Waals surface area (Å²) < 4.78 is 4.92. The molecule has 0 bridgehead atoms. The highest BCUT2D eigenvalue weighted by atomic mass is 16.5. The molecule has 0 aliphatic rings. The van der Waals surface area contributed by atoms with Crippen molar-refractivity contribution >= 4 is 5.91 Å². The van der Waals surface area contributed by atoms with Gasteiger partial charge in [-0.15, -0.1) is 0 Å². The van der Waals surface area contributed by atoms with Crippen LogP contribution < -0.4 is 10.6 Å². The quantitative estimate of drug-likeness (QED) is 0.606. The molecule has 1 aromatic rings. The standard InChI is InChI=1S/C14H22N2O3/c1-3-16-14(18)12-7-5-4-6-11(12)13(17)10-15-8-9-19-2/h4-7,13,15,17H,3,8-10H2,1-2H3,(H,16,18). The predicted octanol–water partition coefficient (Wildman–Crippen LogP) is 0.706. The lowest BCUT2D eigenvalue weighted by molar-refractivity contribution is 0.0947. The van der Waals surface area contributed by atoms with Crippen molar-refractivity contribution in [1.82, 2.24) is 10.6 Å². The monoisotopic (exact) mass is 266 g/mol. The van der Waals surface area contributed by atoms with E-state index in [2.05, 4.69) is 10.6 Å². The third kappa shape index (κ3) is 4.98. The minimum atomic E-state index is -0.712. The lowest BCUT2D eigenvalue weighted by Gasteiger charge is -2.15. The van der Waals surface area contributed by atoms with Crippen molar-refractivity contribution in [3.8, 4) is 0 Å². The van der Waals surface area contributed by atoms with Crippen molar-refractivity contribution < 1.29 is 14.6 Å². The maximum absolute atomic E-state index is 11.9. The van der Waals surface area contributed by atoms with Crippen LogP contribution in [-0.2, 0) is 4.74 Å². The zero-order valence-corrected chi connectivity index (χ0v) is 11.5. The number of amides is 1. The second kappa shape index (κ2) is 8.63. The molecular weight excluding hydrogens is 244 g/mol. The van der Waals surface area contributed by atoms with Crippen molar-refractivity contribution in [3.63, 3.8) is 0 Å². The molecule has 1 unspecified atom stereocenters. The maximum Gasteiger partial charge on any atom is 0.251 e. The number of carbonyl (C=O) groups is 1. The van der Waals surface area contributed by atoms with Crippen LogP contribution in [0.2, 0.25) is 0 Å². The highest BCUT2D eigenvalue weighted by Crippen LogP contribution is 2.17. The second-order valence-electron chi connectivity index (χ2n) is 4.16. The van der Waals surface area contributed by atoms with Gasteiger partial charge in [-0.25, -0.2) is 0 Å². The average Bonchev–Trinajstić information content (AvgIpc) is 2.43. The summed E-state index contributed by atoms with van der Waals surface area (Å²) in [6, 6.07) is 7.10. The number of hydrogen-bond donors (Lipinski definition) is 3. The molecule has 0 aliphatic carbocycles. The number of hydrogen-bond acceptors (Lipinski definition) is 4. The molecule has 1 atom stereocenters. The van der Waals surface area contributed by atoms with Crippen molar-refractivity contribution in [2.75, 3.05) is 33.4 Å². The van der Waals surface area contributed by atoms with Crippen LogP contribution in [0.1, 0.15) is 28.9 Å². The summed E-state index contributed by atoms with van der Waals surface area (Å²) in [6.07, 6.45) is -0.712. The minimum absolute atomic E-state index is 0.158. The summed E-state index contributed by atoms with van der Waals surface area (Å²) in [4.78, 5) is 11.9. The lowest BCUT2D eigenvalue weighted by Crippen LogP contribution is -2.28. The first-order valence-electron chi connectivity index (χ1n) is 6.45.